The van der Waals surface area contributed by atoms with Gasteiger partial charge < -0.3 is 26.8 Å². The first-order valence-electron chi connectivity index (χ1n) is 6.02. The second kappa shape index (κ2) is 6.24. The Kier molecular flexibility index (Phi) is 4.94. The molecular weight excluding hydrogens is 246 g/mol. The van der Waals surface area contributed by atoms with Crippen LogP contribution in [0.5, 0.6) is 0 Å². The number of hydrogen-bond donors (Lipinski definition) is 4. The third kappa shape index (κ3) is 3.72. The normalized spacial score (nSPS) is 10.7. The van der Waals surface area contributed by atoms with Gasteiger partial charge in [-0.2, -0.15) is 0 Å². The minimum absolute atomic E-state index is 0.0801. The molecule has 0 saturated carbocycles. The molecule has 1 aromatic heterocycles. The Morgan fingerprint density at radius 3 is 2.58 bits per heavy atom. The number of hydrogen-bond acceptors (Lipinski definition) is 6. The standard InChI is InChI=1S/C12H21N5O2/c1-7-8(12(18)19)10(9(13)11(14)16-7)15-5-4-6-17(2)3/h4-6,13H2,1-3H3,(H,18,19)(H3,14,15,16). The largest absolute Gasteiger partial charge is 0.478 e. The van der Waals surface area contributed by atoms with Crippen LogP contribution in [0.2, 0.25) is 0 Å². The molecule has 1 heterocycles. The van der Waals surface area contributed by atoms with Crippen LogP contribution < -0.4 is 16.8 Å². The maximum absolute atomic E-state index is 11.3. The maximum Gasteiger partial charge on any atom is 0.339 e. The summed E-state index contributed by atoms with van der Waals surface area (Å²) in [5.41, 5.74) is 12.5. The van der Waals surface area contributed by atoms with Gasteiger partial charge in [0.25, 0.3) is 0 Å². The van der Waals surface area contributed by atoms with Gasteiger partial charge in [-0.15, -0.1) is 0 Å². The van der Waals surface area contributed by atoms with Crippen molar-refractivity contribution in [2.45, 2.75) is 13.3 Å². The number of carboxylic acid groups (broad SMARTS) is 1. The monoisotopic (exact) mass is 267 g/mol. The van der Waals surface area contributed by atoms with Crippen LogP contribution in [0.1, 0.15) is 22.5 Å². The maximum atomic E-state index is 11.3. The molecule has 7 heteroatoms. The molecule has 0 atom stereocenters. The predicted molar refractivity (Wildman–Crippen MR) is 76.4 cm³/mol. The van der Waals surface area contributed by atoms with Crippen molar-refractivity contribution in [3.8, 4) is 0 Å². The minimum Gasteiger partial charge on any atom is -0.478 e. The highest BCUT2D eigenvalue weighted by Crippen LogP contribution is 2.29. The Morgan fingerprint density at radius 2 is 2.05 bits per heavy atom. The van der Waals surface area contributed by atoms with Crippen molar-refractivity contribution in [2.24, 2.45) is 0 Å². The van der Waals surface area contributed by atoms with Gasteiger partial charge in [0.1, 0.15) is 11.4 Å². The second-order valence-electron chi connectivity index (χ2n) is 4.63. The lowest BCUT2D eigenvalue weighted by Gasteiger charge is -2.16. The summed E-state index contributed by atoms with van der Waals surface area (Å²) in [5, 5.41) is 12.3. The fraction of sp³-hybridized carbons (Fsp3) is 0.500. The molecule has 1 aromatic rings. The van der Waals surface area contributed by atoms with E-state index in [1.807, 2.05) is 14.1 Å². The number of nitrogens with zero attached hydrogens (tertiary/aromatic N) is 2. The number of nitrogens with one attached hydrogen (secondary N) is 1. The number of aryl methyl sites for hydroxylation is 1. The Balaban J connectivity index is 2.94. The van der Waals surface area contributed by atoms with Crippen molar-refractivity contribution in [1.29, 1.82) is 0 Å². The summed E-state index contributed by atoms with van der Waals surface area (Å²) < 4.78 is 0. The van der Waals surface area contributed by atoms with Gasteiger partial charge >= 0.3 is 5.97 Å². The topological polar surface area (TPSA) is 117 Å². The number of pyridine rings is 1. The van der Waals surface area contributed by atoms with Gasteiger partial charge in [-0.3, -0.25) is 0 Å². The number of aromatic carboxylic acids is 1. The fourth-order valence-electron chi connectivity index (χ4n) is 1.79. The van der Waals surface area contributed by atoms with Crippen molar-refractivity contribution < 1.29 is 9.90 Å². The van der Waals surface area contributed by atoms with Gasteiger partial charge in [0.15, 0.2) is 0 Å². The van der Waals surface area contributed by atoms with Gasteiger partial charge in [-0.1, -0.05) is 0 Å². The summed E-state index contributed by atoms with van der Waals surface area (Å²) in [5.74, 6) is -0.913. The lowest BCUT2D eigenvalue weighted by molar-refractivity contribution is 0.0696. The van der Waals surface area contributed by atoms with Gasteiger partial charge in [0.2, 0.25) is 0 Å². The Hall–Kier alpha value is -2.02. The van der Waals surface area contributed by atoms with Crippen molar-refractivity contribution in [2.75, 3.05) is 44.0 Å². The summed E-state index contributed by atoms with van der Waals surface area (Å²) in [6, 6.07) is 0. The van der Waals surface area contributed by atoms with E-state index >= 15 is 0 Å². The number of nitrogen functional groups attached to an aromatic ring is 2. The summed E-state index contributed by atoms with van der Waals surface area (Å²) in [6.07, 6.45) is 0.868. The van der Waals surface area contributed by atoms with E-state index in [1.54, 1.807) is 6.92 Å². The van der Waals surface area contributed by atoms with Gasteiger partial charge in [-0.25, -0.2) is 9.78 Å². The van der Waals surface area contributed by atoms with Crippen LogP contribution in [0.4, 0.5) is 17.2 Å². The van der Waals surface area contributed by atoms with Crippen LogP contribution in [-0.4, -0.2) is 48.1 Å². The molecule has 0 fully saturated rings. The number of carboxylic acids is 1. The molecule has 0 aliphatic heterocycles. The van der Waals surface area contributed by atoms with Gasteiger partial charge in [0, 0.05) is 6.54 Å². The first-order chi connectivity index (χ1) is 8.84. The highest BCUT2D eigenvalue weighted by atomic mass is 16.4. The number of carbonyl (C=O) groups is 1. The smallest absolute Gasteiger partial charge is 0.339 e. The average Bonchev–Trinajstić information content (AvgIpc) is 2.29. The summed E-state index contributed by atoms with van der Waals surface area (Å²) in [6.45, 7) is 3.12. The summed E-state index contributed by atoms with van der Waals surface area (Å²) >= 11 is 0. The van der Waals surface area contributed by atoms with Crippen LogP contribution in [0.3, 0.4) is 0 Å². The second-order valence-corrected chi connectivity index (χ2v) is 4.63. The molecule has 0 aromatic carbocycles. The van der Waals surface area contributed by atoms with Crippen LogP contribution >= 0.6 is 0 Å². The van der Waals surface area contributed by atoms with E-state index in [9.17, 15) is 9.90 Å². The number of nitrogens with two attached hydrogens (primary N) is 2. The molecule has 0 radical (unpaired) electrons. The molecule has 0 spiro atoms. The lowest BCUT2D eigenvalue weighted by atomic mass is 10.1. The molecule has 0 bridgehead atoms. The fourth-order valence-corrected chi connectivity index (χ4v) is 1.79. The average molecular weight is 267 g/mol. The van der Waals surface area contributed by atoms with Crippen LogP contribution in [0.15, 0.2) is 0 Å². The number of aromatic nitrogens is 1. The zero-order valence-corrected chi connectivity index (χ0v) is 11.5. The molecule has 106 valence electrons. The quantitative estimate of drug-likeness (QED) is 0.558. The van der Waals surface area contributed by atoms with Crippen molar-refractivity contribution in [3.05, 3.63) is 11.3 Å². The molecule has 0 aliphatic carbocycles. The van der Waals surface area contributed by atoms with Crippen molar-refractivity contribution in [3.63, 3.8) is 0 Å². The molecular formula is C12H21N5O2. The van der Waals surface area contributed by atoms with E-state index in [0.29, 0.717) is 17.9 Å². The highest BCUT2D eigenvalue weighted by molar-refractivity contribution is 6.00. The van der Waals surface area contributed by atoms with E-state index in [0.717, 1.165) is 13.0 Å². The molecule has 0 aliphatic rings. The van der Waals surface area contributed by atoms with Gasteiger partial charge in [-0.05, 0) is 34.0 Å². The Bertz CT molecular complexity index is 474. The molecule has 0 saturated heterocycles. The lowest BCUT2D eigenvalue weighted by Crippen LogP contribution is -2.19. The Labute approximate surface area is 112 Å². The van der Waals surface area contributed by atoms with Crippen LogP contribution in [-0.2, 0) is 0 Å². The SMILES string of the molecule is Cc1nc(N)c(N)c(NCCCN(C)C)c1C(=O)O. The Morgan fingerprint density at radius 1 is 1.42 bits per heavy atom. The van der Waals surface area contributed by atoms with E-state index in [4.69, 9.17) is 11.5 Å². The molecule has 19 heavy (non-hydrogen) atoms. The molecule has 0 unspecified atom stereocenters. The van der Waals surface area contributed by atoms with E-state index in [1.165, 1.54) is 0 Å². The summed E-state index contributed by atoms with van der Waals surface area (Å²) in [4.78, 5) is 17.2. The highest BCUT2D eigenvalue weighted by Gasteiger charge is 2.19. The summed E-state index contributed by atoms with van der Waals surface area (Å²) in [7, 11) is 3.96. The third-order valence-corrected chi connectivity index (χ3v) is 2.74. The van der Waals surface area contributed by atoms with Crippen LogP contribution in [0.25, 0.3) is 0 Å². The molecule has 1 rings (SSSR count). The minimum atomic E-state index is -1.06. The first kappa shape index (κ1) is 15.0. The number of rotatable bonds is 6. The molecule has 7 nitrogen and oxygen atoms in total. The number of anilines is 3. The predicted octanol–water partition coefficient (Wildman–Crippen LogP) is 0.616. The van der Waals surface area contributed by atoms with E-state index in [2.05, 4.69) is 15.2 Å². The molecule has 0 amide bonds. The van der Waals surface area contributed by atoms with Gasteiger partial charge in [0.05, 0.1) is 17.1 Å². The molecule has 6 N–H and O–H groups in total. The van der Waals surface area contributed by atoms with Crippen LogP contribution in [0, 0.1) is 6.92 Å². The first-order valence-corrected chi connectivity index (χ1v) is 6.02. The van der Waals surface area contributed by atoms with Crippen molar-refractivity contribution in [1.82, 2.24) is 9.88 Å². The van der Waals surface area contributed by atoms with Crippen molar-refractivity contribution >= 4 is 23.2 Å². The zero-order valence-electron chi connectivity index (χ0n) is 11.5. The van der Waals surface area contributed by atoms with E-state index in [-0.39, 0.29) is 17.1 Å². The zero-order chi connectivity index (χ0) is 14.6. The third-order valence-electron chi connectivity index (χ3n) is 2.74. The van der Waals surface area contributed by atoms with E-state index < -0.39 is 5.97 Å².